The van der Waals surface area contributed by atoms with Crippen molar-refractivity contribution in [1.29, 1.82) is 0 Å². The summed E-state index contributed by atoms with van der Waals surface area (Å²) < 4.78 is 21.5. The summed E-state index contributed by atoms with van der Waals surface area (Å²) in [5.41, 5.74) is 0.432. The molecule has 0 saturated heterocycles. The smallest absolute Gasteiger partial charge is 0.343 e. The van der Waals surface area contributed by atoms with Crippen LogP contribution < -0.4 is 14.2 Å². The van der Waals surface area contributed by atoms with Gasteiger partial charge in [-0.25, -0.2) is 9.59 Å². The maximum absolute atomic E-state index is 12.3. The van der Waals surface area contributed by atoms with Crippen molar-refractivity contribution in [3.05, 3.63) is 66.7 Å². The van der Waals surface area contributed by atoms with Crippen LogP contribution in [-0.4, -0.2) is 31.8 Å². The van der Waals surface area contributed by atoms with Gasteiger partial charge >= 0.3 is 11.9 Å². The first kappa shape index (κ1) is 23.0. The molecule has 0 fully saturated rings. The van der Waals surface area contributed by atoms with E-state index in [0.29, 0.717) is 43.3 Å². The average molecular weight is 412 g/mol. The molecule has 6 nitrogen and oxygen atoms in total. The third-order valence-electron chi connectivity index (χ3n) is 4.11. The molecule has 0 radical (unpaired) electrons. The molecule has 0 aliphatic rings. The highest BCUT2D eigenvalue weighted by Crippen LogP contribution is 2.20. The van der Waals surface area contributed by atoms with Gasteiger partial charge in [0.15, 0.2) is 0 Å². The van der Waals surface area contributed by atoms with Crippen LogP contribution in [0.2, 0.25) is 0 Å². The van der Waals surface area contributed by atoms with E-state index in [1.165, 1.54) is 0 Å². The molecule has 30 heavy (non-hydrogen) atoms. The van der Waals surface area contributed by atoms with E-state index in [1.807, 2.05) is 0 Å². The van der Waals surface area contributed by atoms with E-state index in [-0.39, 0.29) is 0 Å². The monoisotopic (exact) mass is 412 g/mol. The molecule has 2 rings (SSSR count). The third-order valence-corrected chi connectivity index (χ3v) is 4.11. The minimum atomic E-state index is -0.440. The second kappa shape index (κ2) is 13.0. The maximum atomic E-state index is 12.3. The third kappa shape index (κ3) is 8.39. The van der Waals surface area contributed by atoms with Crippen molar-refractivity contribution in [2.24, 2.45) is 0 Å². The first-order chi connectivity index (χ1) is 14.6. The van der Waals surface area contributed by atoms with Crippen molar-refractivity contribution in [1.82, 2.24) is 0 Å². The minimum Gasteiger partial charge on any atom is -0.494 e. The summed E-state index contributed by atoms with van der Waals surface area (Å²) >= 11 is 0. The van der Waals surface area contributed by atoms with Crippen molar-refractivity contribution >= 4 is 11.9 Å². The number of unbranched alkanes of at least 4 members (excludes halogenated alkanes) is 2. The highest BCUT2D eigenvalue weighted by atomic mass is 16.5. The van der Waals surface area contributed by atoms with Gasteiger partial charge in [0.2, 0.25) is 0 Å². The molecular formula is C24H28O6. The Morgan fingerprint density at radius 1 is 0.800 bits per heavy atom. The Kier molecular flexibility index (Phi) is 10.00. The van der Waals surface area contributed by atoms with Gasteiger partial charge < -0.3 is 18.9 Å². The first-order valence-corrected chi connectivity index (χ1v) is 10.1. The van der Waals surface area contributed by atoms with Gasteiger partial charge in [0.05, 0.1) is 25.4 Å². The van der Waals surface area contributed by atoms with Gasteiger partial charge in [0.25, 0.3) is 0 Å². The zero-order valence-corrected chi connectivity index (χ0v) is 17.3. The molecule has 0 bridgehead atoms. The topological polar surface area (TPSA) is 71.1 Å². The van der Waals surface area contributed by atoms with Crippen LogP contribution in [-0.2, 0) is 9.53 Å². The van der Waals surface area contributed by atoms with Crippen LogP contribution in [0.1, 0.15) is 43.0 Å². The number of hydrogen-bond acceptors (Lipinski definition) is 6. The molecule has 2 aromatic rings. The fourth-order valence-corrected chi connectivity index (χ4v) is 2.42. The Morgan fingerprint density at radius 2 is 1.33 bits per heavy atom. The summed E-state index contributed by atoms with van der Waals surface area (Å²) in [6.45, 7) is 6.94. The SMILES string of the molecule is C=CC(=O)OCCCCOc1ccc(C(=O)Oc2ccc(OCCCC)cc2)cc1. The molecule has 0 atom stereocenters. The van der Waals surface area contributed by atoms with Gasteiger partial charge in [-0.15, -0.1) is 0 Å². The van der Waals surface area contributed by atoms with E-state index in [9.17, 15) is 9.59 Å². The zero-order chi connectivity index (χ0) is 21.6. The molecule has 0 unspecified atom stereocenters. The normalized spacial score (nSPS) is 10.2. The molecule has 0 aromatic heterocycles. The van der Waals surface area contributed by atoms with Crippen molar-refractivity contribution in [3.63, 3.8) is 0 Å². The number of ether oxygens (including phenoxy) is 4. The molecule has 0 N–H and O–H groups in total. The summed E-state index contributed by atoms with van der Waals surface area (Å²) in [5, 5.41) is 0. The lowest BCUT2D eigenvalue weighted by Gasteiger charge is -2.09. The quantitative estimate of drug-likeness (QED) is 0.200. The molecular weight excluding hydrogens is 384 g/mol. The van der Waals surface area contributed by atoms with E-state index in [1.54, 1.807) is 48.5 Å². The van der Waals surface area contributed by atoms with E-state index in [2.05, 4.69) is 13.5 Å². The fraction of sp³-hybridized carbons (Fsp3) is 0.333. The standard InChI is InChI=1S/C24H28O6/c1-3-5-16-27-21-12-14-22(15-13-21)30-24(26)19-8-10-20(11-9-19)28-17-6-7-18-29-23(25)4-2/h4,8-15H,2-3,5-7,16-18H2,1H3. The first-order valence-electron chi connectivity index (χ1n) is 10.1. The van der Waals surface area contributed by atoms with Crippen LogP contribution in [0.4, 0.5) is 0 Å². The van der Waals surface area contributed by atoms with Gasteiger partial charge in [0.1, 0.15) is 17.2 Å². The van der Waals surface area contributed by atoms with Gasteiger partial charge in [-0.3, -0.25) is 0 Å². The summed E-state index contributed by atoms with van der Waals surface area (Å²) in [7, 11) is 0. The Balaban J connectivity index is 1.72. The Bertz CT molecular complexity index is 795. The van der Waals surface area contributed by atoms with Crippen molar-refractivity contribution < 1.29 is 28.5 Å². The number of hydrogen-bond donors (Lipinski definition) is 0. The summed E-state index contributed by atoms with van der Waals surface area (Å²) in [5.74, 6) is 1.01. The second-order valence-corrected chi connectivity index (χ2v) is 6.51. The zero-order valence-electron chi connectivity index (χ0n) is 17.3. The predicted molar refractivity (Wildman–Crippen MR) is 114 cm³/mol. The molecule has 0 spiro atoms. The lowest BCUT2D eigenvalue weighted by molar-refractivity contribution is -0.137. The molecule has 0 amide bonds. The predicted octanol–water partition coefficient (Wildman–Crippen LogP) is 4.97. The molecule has 0 aliphatic carbocycles. The number of carbonyl (C=O) groups is 2. The van der Waals surface area contributed by atoms with E-state index < -0.39 is 11.9 Å². The van der Waals surface area contributed by atoms with Gasteiger partial charge in [-0.05, 0) is 67.8 Å². The van der Waals surface area contributed by atoms with Gasteiger partial charge in [-0.2, -0.15) is 0 Å². The average Bonchev–Trinajstić information content (AvgIpc) is 2.77. The second-order valence-electron chi connectivity index (χ2n) is 6.51. The van der Waals surface area contributed by atoms with Crippen LogP contribution in [0.3, 0.4) is 0 Å². The Labute approximate surface area is 177 Å². The molecule has 160 valence electrons. The summed E-state index contributed by atoms with van der Waals surface area (Å²) in [6.07, 6.45) is 4.66. The molecule has 0 saturated carbocycles. The number of esters is 2. The Hall–Kier alpha value is -3.28. The van der Waals surface area contributed by atoms with E-state index in [4.69, 9.17) is 18.9 Å². The molecule has 0 aliphatic heterocycles. The molecule has 6 heteroatoms. The number of carbonyl (C=O) groups excluding carboxylic acids is 2. The number of benzene rings is 2. The van der Waals surface area contributed by atoms with Crippen LogP contribution in [0.25, 0.3) is 0 Å². The highest BCUT2D eigenvalue weighted by Gasteiger charge is 2.09. The lowest BCUT2D eigenvalue weighted by atomic mass is 10.2. The van der Waals surface area contributed by atoms with Crippen molar-refractivity contribution in [3.8, 4) is 17.2 Å². The largest absolute Gasteiger partial charge is 0.494 e. The highest BCUT2D eigenvalue weighted by molar-refractivity contribution is 5.91. The molecule has 0 heterocycles. The van der Waals surface area contributed by atoms with E-state index >= 15 is 0 Å². The van der Waals surface area contributed by atoms with Gasteiger partial charge in [0, 0.05) is 6.08 Å². The van der Waals surface area contributed by atoms with Crippen LogP contribution in [0, 0.1) is 0 Å². The van der Waals surface area contributed by atoms with E-state index in [0.717, 1.165) is 31.1 Å². The van der Waals surface area contributed by atoms with Crippen LogP contribution >= 0.6 is 0 Å². The fourth-order valence-electron chi connectivity index (χ4n) is 2.42. The van der Waals surface area contributed by atoms with Crippen molar-refractivity contribution in [2.75, 3.05) is 19.8 Å². The minimum absolute atomic E-state index is 0.338. The summed E-state index contributed by atoms with van der Waals surface area (Å²) in [4.78, 5) is 23.2. The maximum Gasteiger partial charge on any atom is 0.343 e. The molecule has 2 aromatic carbocycles. The van der Waals surface area contributed by atoms with Crippen molar-refractivity contribution in [2.45, 2.75) is 32.6 Å². The van der Waals surface area contributed by atoms with Gasteiger partial charge in [-0.1, -0.05) is 19.9 Å². The lowest BCUT2D eigenvalue weighted by Crippen LogP contribution is -2.08. The summed E-state index contributed by atoms with van der Waals surface area (Å²) in [6, 6.07) is 13.8. The van der Waals surface area contributed by atoms with Crippen LogP contribution in [0.5, 0.6) is 17.2 Å². The van der Waals surface area contributed by atoms with Crippen LogP contribution in [0.15, 0.2) is 61.2 Å². The Morgan fingerprint density at radius 3 is 1.93 bits per heavy atom. The number of rotatable bonds is 13.